The van der Waals surface area contributed by atoms with Gasteiger partial charge in [0.25, 0.3) is 10.0 Å². The molecule has 1 saturated heterocycles. The van der Waals surface area contributed by atoms with Crippen LogP contribution in [0, 0.1) is 5.92 Å². The lowest BCUT2D eigenvalue weighted by molar-refractivity contribution is 0.133. The minimum atomic E-state index is -3.37. The maximum absolute atomic E-state index is 12.2. The molecule has 1 N–H and O–H groups in total. The molecule has 2 atom stereocenters. The minimum Gasteiger partial charge on any atom is -0.393 e. The smallest absolute Gasteiger partial charge is 0.252 e. The van der Waals surface area contributed by atoms with E-state index < -0.39 is 16.1 Å². The van der Waals surface area contributed by atoms with Crippen LogP contribution >= 0.6 is 27.3 Å². The van der Waals surface area contributed by atoms with Gasteiger partial charge in [-0.25, -0.2) is 8.42 Å². The molecule has 1 aromatic rings. The molecule has 1 aliphatic heterocycles. The molecular formula is C10H14BrNO3S2. The van der Waals surface area contributed by atoms with Gasteiger partial charge in [0, 0.05) is 13.1 Å². The summed E-state index contributed by atoms with van der Waals surface area (Å²) in [5.41, 5.74) is 0. The van der Waals surface area contributed by atoms with E-state index in [2.05, 4.69) is 15.9 Å². The van der Waals surface area contributed by atoms with Crippen molar-refractivity contribution in [1.82, 2.24) is 4.31 Å². The highest BCUT2D eigenvalue weighted by Crippen LogP contribution is 2.31. The highest BCUT2D eigenvalue weighted by Gasteiger charge is 2.34. The lowest BCUT2D eigenvalue weighted by Gasteiger charge is -2.16. The standard InChI is InChI=1S/C10H14BrNO3S2/c1-7(13)8-4-5-12(6-8)17(14,15)10-3-2-9(11)16-10/h2-3,7-8,13H,4-6H2,1H3. The van der Waals surface area contributed by atoms with Gasteiger partial charge in [0.2, 0.25) is 0 Å². The molecule has 1 aromatic heterocycles. The summed E-state index contributed by atoms with van der Waals surface area (Å²) in [4.78, 5) is 0. The molecule has 7 heteroatoms. The SMILES string of the molecule is CC(O)C1CCN(S(=O)(=O)c2ccc(Br)s2)C1. The molecule has 96 valence electrons. The van der Waals surface area contributed by atoms with Gasteiger partial charge >= 0.3 is 0 Å². The molecular weight excluding hydrogens is 326 g/mol. The second kappa shape index (κ2) is 4.97. The Hall–Kier alpha value is 0.0500. The van der Waals surface area contributed by atoms with Crippen LogP contribution in [-0.2, 0) is 10.0 Å². The number of halogens is 1. The molecule has 4 nitrogen and oxygen atoms in total. The van der Waals surface area contributed by atoms with Crippen LogP contribution in [0.1, 0.15) is 13.3 Å². The average molecular weight is 340 g/mol. The van der Waals surface area contributed by atoms with E-state index in [4.69, 9.17) is 0 Å². The fraction of sp³-hybridized carbons (Fsp3) is 0.600. The van der Waals surface area contributed by atoms with Crippen molar-refractivity contribution in [3.05, 3.63) is 15.9 Å². The summed E-state index contributed by atoms with van der Waals surface area (Å²) in [6, 6.07) is 3.35. The topological polar surface area (TPSA) is 57.6 Å². The third-order valence-electron chi connectivity index (χ3n) is 3.01. The van der Waals surface area contributed by atoms with E-state index in [1.807, 2.05) is 0 Å². The minimum absolute atomic E-state index is 0.0492. The van der Waals surface area contributed by atoms with E-state index in [1.165, 1.54) is 15.6 Å². The van der Waals surface area contributed by atoms with Gasteiger partial charge in [0.15, 0.2) is 0 Å². The third-order valence-corrected chi connectivity index (χ3v) is 6.97. The zero-order valence-electron chi connectivity index (χ0n) is 9.34. The summed E-state index contributed by atoms with van der Waals surface area (Å²) in [5, 5.41) is 9.48. The molecule has 1 fully saturated rings. The fourth-order valence-corrected chi connectivity index (χ4v) is 5.61. The summed E-state index contributed by atoms with van der Waals surface area (Å²) in [7, 11) is -3.37. The average Bonchev–Trinajstić information content (AvgIpc) is 2.85. The van der Waals surface area contributed by atoms with Crippen LogP contribution < -0.4 is 0 Å². The monoisotopic (exact) mass is 339 g/mol. The van der Waals surface area contributed by atoms with Crippen LogP contribution in [0.25, 0.3) is 0 Å². The molecule has 2 heterocycles. The summed E-state index contributed by atoms with van der Waals surface area (Å²) in [6.45, 7) is 2.62. The first kappa shape index (κ1) is 13.5. The van der Waals surface area contributed by atoms with Crippen LogP contribution in [0.4, 0.5) is 0 Å². The highest BCUT2D eigenvalue weighted by atomic mass is 79.9. The van der Waals surface area contributed by atoms with Crippen molar-refractivity contribution in [3.63, 3.8) is 0 Å². The molecule has 0 amide bonds. The second-order valence-electron chi connectivity index (χ2n) is 4.21. The molecule has 2 rings (SSSR count). The van der Waals surface area contributed by atoms with Gasteiger partial charge in [-0.3, -0.25) is 0 Å². The van der Waals surface area contributed by atoms with Crippen molar-refractivity contribution in [3.8, 4) is 0 Å². The first-order valence-corrected chi connectivity index (χ1v) is 8.40. The normalized spacial score (nSPS) is 24.1. The van der Waals surface area contributed by atoms with Crippen molar-refractivity contribution in [2.75, 3.05) is 13.1 Å². The largest absolute Gasteiger partial charge is 0.393 e. The fourth-order valence-electron chi connectivity index (χ4n) is 1.93. The maximum atomic E-state index is 12.2. The van der Waals surface area contributed by atoms with Crippen LogP contribution in [0.3, 0.4) is 0 Å². The van der Waals surface area contributed by atoms with E-state index in [-0.39, 0.29) is 5.92 Å². The van der Waals surface area contributed by atoms with Gasteiger partial charge in [-0.2, -0.15) is 4.31 Å². The van der Waals surface area contributed by atoms with E-state index in [9.17, 15) is 13.5 Å². The number of aliphatic hydroxyl groups is 1. The van der Waals surface area contributed by atoms with Crippen molar-refractivity contribution < 1.29 is 13.5 Å². The number of aliphatic hydroxyl groups excluding tert-OH is 1. The highest BCUT2D eigenvalue weighted by molar-refractivity contribution is 9.11. The van der Waals surface area contributed by atoms with Crippen LogP contribution in [0.15, 0.2) is 20.1 Å². The Kier molecular flexibility index (Phi) is 3.94. The number of thiophene rings is 1. The number of hydrogen-bond acceptors (Lipinski definition) is 4. The van der Waals surface area contributed by atoms with Crippen molar-refractivity contribution >= 4 is 37.3 Å². The summed E-state index contributed by atoms with van der Waals surface area (Å²) in [5.74, 6) is 0.0492. The molecule has 0 spiro atoms. The molecule has 2 unspecified atom stereocenters. The number of hydrogen-bond donors (Lipinski definition) is 1. The van der Waals surface area contributed by atoms with Gasteiger partial charge in [-0.1, -0.05) is 0 Å². The Morgan fingerprint density at radius 1 is 1.59 bits per heavy atom. The van der Waals surface area contributed by atoms with Gasteiger partial charge in [0.1, 0.15) is 4.21 Å². The number of rotatable bonds is 3. The second-order valence-corrected chi connectivity index (χ2v) is 8.84. The molecule has 17 heavy (non-hydrogen) atoms. The predicted octanol–water partition coefficient (Wildman–Crippen LogP) is 1.90. The number of nitrogens with zero attached hydrogens (tertiary/aromatic N) is 1. The summed E-state index contributed by atoms with van der Waals surface area (Å²) >= 11 is 4.48. The Balaban J connectivity index is 2.18. The van der Waals surface area contributed by atoms with Crippen molar-refractivity contribution in [2.45, 2.75) is 23.7 Å². The molecule has 0 bridgehead atoms. The van der Waals surface area contributed by atoms with E-state index in [1.54, 1.807) is 19.1 Å². The van der Waals surface area contributed by atoms with Gasteiger partial charge < -0.3 is 5.11 Å². The summed E-state index contributed by atoms with van der Waals surface area (Å²) < 4.78 is 27.1. The maximum Gasteiger partial charge on any atom is 0.252 e. The van der Waals surface area contributed by atoms with Crippen LogP contribution in [0.5, 0.6) is 0 Å². The van der Waals surface area contributed by atoms with Gasteiger partial charge in [-0.15, -0.1) is 11.3 Å². The van der Waals surface area contributed by atoms with Crippen LogP contribution in [-0.4, -0.2) is 37.0 Å². The van der Waals surface area contributed by atoms with Crippen molar-refractivity contribution in [2.24, 2.45) is 5.92 Å². The Bertz CT molecular complexity index is 497. The Labute approximate surface area is 113 Å². The first-order chi connectivity index (χ1) is 7.91. The van der Waals surface area contributed by atoms with Crippen LogP contribution in [0.2, 0.25) is 0 Å². The van der Waals surface area contributed by atoms with Gasteiger partial charge in [-0.05, 0) is 47.3 Å². The quantitative estimate of drug-likeness (QED) is 0.914. The molecule has 1 aliphatic rings. The Morgan fingerprint density at radius 2 is 2.29 bits per heavy atom. The number of sulfonamides is 1. The zero-order chi connectivity index (χ0) is 12.6. The predicted molar refractivity (Wildman–Crippen MR) is 70.6 cm³/mol. The molecule has 0 aliphatic carbocycles. The molecule has 0 radical (unpaired) electrons. The van der Waals surface area contributed by atoms with E-state index in [0.29, 0.717) is 17.3 Å². The van der Waals surface area contributed by atoms with E-state index >= 15 is 0 Å². The molecule has 0 saturated carbocycles. The first-order valence-electron chi connectivity index (χ1n) is 5.35. The van der Waals surface area contributed by atoms with Crippen molar-refractivity contribution in [1.29, 1.82) is 0 Å². The lowest BCUT2D eigenvalue weighted by Crippen LogP contribution is -2.30. The van der Waals surface area contributed by atoms with Gasteiger partial charge in [0.05, 0.1) is 9.89 Å². The lowest BCUT2D eigenvalue weighted by atomic mass is 10.0. The zero-order valence-corrected chi connectivity index (χ0v) is 12.6. The van der Waals surface area contributed by atoms with E-state index in [0.717, 1.165) is 10.2 Å². The molecule has 0 aromatic carbocycles. The summed E-state index contributed by atoms with van der Waals surface area (Å²) in [6.07, 6.45) is 0.272. The third kappa shape index (κ3) is 2.73. The Morgan fingerprint density at radius 3 is 2.76 bits per heavy atom.